The summed E-state index contributed by atoms with van der Waals surface area (Å²) >= 11 is 0. The van der Waals surface area contributed by atoms with Crippen molar-refractivity contribution < 1.29 is 9.90 Å². The van der Waals surface area contributed by atoms with E-state index in [0.29, 0.717) is 5.92 Å². The Balaban J connectivity index is 2.16. The van der Waals surface area contributed by atoms with Crippen molar-refractivity contribution in [1.29, 1.82) is 0 Å². The van der Waals surface area contributed by atoms with Gasteiger partial charge < -0.3 is 5.11 Å². The molecule has 2 heteroatoms. The molecule has 2 rings (SSSR count). The van der Waals surface area contributed by atoms with Crippen LogP contribution in [0.4, 0.5) is 0 Å². The van der Waals surface area contributed by atoms with E-state index in [-0.39, 0.29) is 5.41 Å². The van der Waals surface area contributed by atoms with E-state index in [1.54, 1.807) is 0 Å². The summed E-state index contributed by atoms with van der Waals surface area (Å²) < 4.78 is 0. The Morgan fingerprint density at radius 3 is 2.00 bits per heavy atom. The number of carboxylic acid groups (broad SMARTS) is 1. The van der Waals surface area contributed by atoms with Gasteiger partial charge in [-0.2, -0.15) is 0 Å². The van der Waals surface area contributed by atoms with Gasteiger partial charge >= 0.3 is 5.97 Å². The van der Waals surface area contributed by atoms with Crippen LogP contribution in [0.15, 0.2) is 0 Å². The predicted molar refractivity (Wildman–Crippen MR) is 32.0 cm³/mol. The van der Waals surface area contributed by atoms with Crippen LogP contribution in [0, 0.1) is 11.3 Å². The van der Waals surface area contributed by atoms with Gasteiger partial charge in [-0.05, 0) is 31.6 Å². The monoisotopic (exact) mass is 126 g/mol. The van der Waals surface area contributed by atoms with Crippen LogP contribution in [0.25, 0.3) is 0 Å². The number of carbonyl (C=O) groups is 1. The van der Waals surface area contributed by atoms with Gasteiger partial charge in [0.1, 0.15) is 0 Å². The molecule has 0 heterocycles. The SMILES string of the molecule is O=C(O)C12CCC1CC2. The van der Waals surface area contributed by atoms with Crippen molar-refractivity contribution in [2.45, 2.75) is 25.7 Å². The van der Waals surface area contributed by atoms with E-state index >= 15 is 0 Å². The Kier molecular flexibility index (Phi) is 0.765. The Hall–Kier alpha value is -0.530. The molecule has 2 aliphatic rings. The molecule has 50 valence electrons. The second-order valence-corrected chi connectivity index (χ2v) is 3.24. The molecule has 0 aromatic rings. The molecular formula is C7H10O2. The van der Waals surface area contributed by atoms with Crippen LogP contribution >= 0.6 is 0 Å². The van der Waals surface area contributed by atoms with Crippen LogP contribution in [-0.4, -0.2) is 11.1 Å². The third-order valence-corrected chi connectivity index (χ3v) is 3.09. The zero-order chi connectivity index (χ0) is 6.48. The van der Waals surface area contributed by atoms with Crippen molar-refractivity contribution in [3.05, 3.63) is 0 Å². The average Bonchev–Trinajstić information content (AvgIpc) is 1.76. The van der Waals surface area contributed by atoms with E-state index in [4.69, 9.17) is 5.11 Å². The van der Waals surface area contributed by atoms with Gasteiger partial charge in [-0.3, -0.25) is 4.79 Å². The molecule has 0 spiro atoms. The van der Waals surface area contributed by atoms with Crippen LogP contribution < -0.4 is 0 Å². The normalized spacial score (nSPS) is 46.4. The van der Waals surface area contributed by atoms with Crippen LogP contribution in [0.3, 0.4) is 0 Å². The zero-order valence-electron chi connectivity index (χ0n) is 5.26. The van der Waals surface area contributed by atoms with Crippen LogP contribution in [0.5, 0.6) is 0 Å². The Morgan fingerprint density at radius 1 is 1.44 bits per heavy atom. The third-order valence-electron chi connectivity index (χ3n) is 3.09. The highest BCUT2D eigenvalue weighted by molar-refractivity contribution is 5.77. The highest BCUT2D eigenvalue weighted by Gasteiger charge is 2.58. The summed E-state index contributed by atoms with van der Waals surface area (Å²) in [6, 6.07) is 0. The summed E-state index contributed by atoms with van der Waals surface area (Å²) in [5.41, 5.74) is -0.222. The molecule has 2 fully saturated rings. The lowest BCUT2D eigenvalue weighted by Gasteiger charge is -2.55. The minimum atomic E-state index is -0.551. The second-order valence-electron chi connectivity index (χ2n) is 3.24. The predicted octanol–water partition coefficient (Wildman–Crippen LogP) is 1.26. The van der Waals surface area contributed by atoms with Gasteiger partial charge in [-0.1, -0.05) is 0 Å². The zero-order valence-corrected chi connectivity index (χ0v) is 5.26. The van der Waals surface area contributed by atoms with Crippen LogP contribution in [0.2, 0.25) is 0 Å². The highest BCUT2D eigenvalue weighted by atomic mass is 16.4. The topological polar surface area (TPSA) is 37.3 Å². The molecule has 0 amide bonds. The molecule has 0 saturated heterocycles. The van der Waals surface area contributed by atoms with E-state index in [9.17, 15) is 4.79 Å². The maximum absolute atomic E-state index is 10.6. The van der Waals surface area contributed by atoms with Gasteiger partial charge in [0.25, 0.3) is 0 Å². The smallest absolute Gasteiger partial charge is 0.309 e. The first-order valence-corrected chi connectivity index (χ1v) is 3.49. The maximum atomic E-state index is 10.6. The lowest BCUT2D eigenvalue weighted by molar-refractivity contribution is -0.176. The van der Waals surface area contributed by atoms with Gasteiger partial charge in [0.2, 0.25) is 0 Å². The molecule has 0 bridgehead atoms. The summed E-state index contributed by atoms with van der Waals surface area (Å²) in [6.45, 7) is 0. The van der Waals surface area contributed by atoms with Crippen LogP contribution in [0.1, 0.15) is 25.7 Å². The molecule has 0 aliphatic heterocycles. The first kappa shape index (κ1) is 5.27. The van der Waals surface area contributed by atoms with Gasteiger partial charge in [-0.25, -0.2) is 0 Å². The number of hydrogen-bond donors (Lipinski definition) is 1. The molecule has 0 aromatic heterocycles. The molecule has 0 radical (unpaired) electrons. The first-order chi connectivity index (χ1) is 4.26. The number of rotatable bonds is 1. The van der Waals surface area contributed by atoms with E-state index in [2.05, 4.69) is 0 Å². The fourth-order valence-electron chi connectivity index (χ4n) is 2.05. The molecule has 2 aliphatic carbocycles. The molecule has 0 atom stereocenters. The van der Waals surface area contributed by atoms with Gasteiger partial charge in [-0.15, -0.1) is 0 Å². The standard InChI is InChI=1S/C7H10O2/c8-6(9)7-3-1-5(7)2-4-7/h5H,1-4H2,(H,8,9). The highest BCUT2D eigenvalue weighted by Crippen LogP contribution is 2.60. The van der Waals surface area contributed by atoms with E-state index in [0.717, 1.165) is 25.7 Å². The van der Waals surface area contributed by atoms with Crippen molar-refractivity contribution in [3.8, 4) is 0 Å². The van der Waals surface area contributed by atoms with E-state index < -0.39 is 5.97 Å². The summed E-state index contributed by atoms with van der Waals surface area (Å²) in [4.78, 5) is 10.6. The second kappa shape index (κ2) is 1.31. The summed E-state index contributed by atoms with van der Waals surface area (Å²) in [5, 5.41) is 8.71. The average molecular weight is 126 g/mol. The summed E-state index contributed by atoms with van der Waals surface area (Å²) in [5.74, 6) is -0.000000000000000111. The Labute approximate surface area is 53.9 Å². The Bertz CT molecular complexity index is 154. The molecule has 0 aromatic carbocycles. The third kappa shape index (κ3) is 0.406. The number of aliphatic carboxylic acids is 1. The summed E-state index contributed by atoms with van der Waals surface area (Å²) in [6.07, 6.45) is 4.19. The number of fused-ring (bicyclic) bond motifs is 1. The lowest BCUT2D eigenvalue weighted by atomic mass is 9.48. The molecule has 1 N–H and O–H groups in total. The minimum Gasteiger partial charge on any atom is -0.481 e. The Morgan fingerprint density at radius 2 is 2.00 bits per heavy atom. The van der Waals surface area contributed by atoms with Gasteiger partial charge in [0.05, 0.1) is 5.41 Å². The van der Waals surface area contributed by atoms with E-state index in [1.807, 2.05) is 0 Å². The minimum absolute atomic E-state index is 0.222. The molecule has 2 saturated carbocycles. The van der Waals surface area contributed by atoms with Crippen molar-refractivity contribution in [3.63, 3.8) is 0 Å². The largest absolute Gasteiger partial charge is 0.481 e. The lowest BCUT2D eigenvalue weighted by Crippen LogP contribution is -2.54. The summed E-state index contributed by atoms with van der Waals surface area (Å²) in [7, 11) is 0. The number of carboxylic acids is 1. The first-order valence-electron chi connectivity index (χ1n) is 3.49. The number of hydrogen-bond acceptors (Lipinski definition) is 1. The molecule has 9 heavy (non-hydrogen) atoms. The maximum Gasteiger partial charge on any atom is 0.309 e. The van der Waals surface area contributed by atoms with Gasteiger partial charge in [0, 0.05) is 0 Å². The van der Waals surface area contributed by atoms with Crippen molar-refractivity contribution in [2.75, 3.05) is 0 Å². The van der Waals surface area contributed by atoms with Crippen LogP contribution in [-0.2, 0) is 4.79 Å². The quantitative estimate of drug-likeness (QED) is 0.574. The van der Waals surface area contributed by atoms with Crippen molar-refractivity contribution in [1.82, 2.24) is 0 Å². The molecular weight excluding hydrogens is 116 g/mol. The molecule has 0 unspecified atom stereocenters. The fraction of sp³-hybridized carbons (Fsp3) is 0.857. The molecule has 2 nitrogen and oxygen atoms in total. The van der Waals surface area contributed by atoms with Gasteiger partial charge in [0.15, 0.2) is 0 Å². The fourth-order valence-corrected chi connectivity index (χ4v) is 2.05. The van der Waals surface area contributed by atoms with Crippen molar-refractivity contribution in [2.24, 2.45) is 11.3 Å². The van der Waals surface area contributed by atoms with E-state index in [1.165, 1.54) is 0 Å². The van der Waals surface area contributed by atoms with Crippen molar-refractivity contribution >= 4 is 5.97 Å².